The second-order valence-corrected chi connectivity index (χ2v) is 7.50. The highest BCUT2D eigenvalue weighted by Crippen LogP contribution is 2.34. The lowest BCUT2D eigenvalue weighted by Crippen LogP contribution is -2.54. The molecule has 100 valence electrons. The Morgan fingerprint density at radius 2 is 1.82 bits per heavy atom. The highest BCUT2D eigenvalue weighted by Gasteiger charge is 2.34. The van der Waals surface area contributed by atoms with Crippen LogP contribution in [0.1, 0.15) is 59.3 Å². The summed E-state index contributed by atoms with van der Waals surface area (Å²) >= 11 is 0. The first-order valence-corrected chi connectivity index (χ1v) is 7.40. The average molecular weight is 238 g/mol. The third kappa shape index (κ3) is 3.69. The Bertz CT molecular complexity index is 252. The van der Waals surface area contributed by atoms with E-state index in [2.05, 4.69) is 25.7 Å². The van der Waals surface area contributed by atoms with Crippen LogP contribution < -0.4 is 5.73 Å². The Labute approximate surface area is 107 Å². The van der Waals surface area contributed by atoms with Gasteiger partial charge in [0.15, 0.2) is 0 Å². The van der Waals surface area contributed by atoms with E-state index in [0.717, 1.165) is 12.5 Å². The Balaban J connectivity index is 1.84. The zero-order chi connectivity index (χ0) is 12.5. The summed E-state index contributed by atoms with van der Waals surface area (Å²) in [4.78, 5) is 2.61. The highest BCUT2D eigenvalue weighted by molar-refractivity contribution is 4.93. The summed E-state index contributed by atoms with van der Waals surface area (Å²) in [6, 6.07) is 0. The zero-order valence-electron chi connectivity index (χ0n) is 12.0. The lowest BCUT2D eigenvalue weighted by atomic mass is 9.76. The van der Waals surface area contributed by atoms with Crippen molar-refractivity contribution in [1.82, 2.24) is 4.90 Å². The molecule has 2 heteroatoms. The fourth-order valence-corrected chi connectivity index (χ4v) is 3.61. The van der Waals surface area contributed by atoms with Crippen molar-refractivity contribution < 1.29 is 0 Å². The molecular formula is C15H30N2. The normalized spacial score (nSPS) is 39.2. The monoisotopic (exact) mass is 238 g/mol. The van der Waals surface area contributed by atoms with Crippen molar-refractivity contribution >= 4 is 0 Å². The topological polar surface area (TPSA) is 29.3 Å². The van der Waals surface area contributed by atoms with Crippen LogP contribution >= 0.6 is 0 Å². The molecule has 0 aromatic rings. The minimum absolute atomic E-state index is 0.110. The predicted octanol–water partition coefficient (Wildman–Crippen LogP) is 3.02. The maximum Gasteiger partial charge on any atom is 0.0285 e. The first-order valence-electron chi connectivity index (χ1n) is 7.40. The van der Waals surface area contributed by atoms with Gasteiger partial charge in [0.25, 0.3) is 0 Å². The Morgan fingerprint density at radius 3 is 2.41 bits per heavy atom. The third-order valence-electron chi connectivity index (χ3n) is 4.87. The van der Waals surface area contributed by atoms with Gasteiger partial charge in [0, 0.05) is 12.1 Å². The second-order valence-electron chi connectivity index (χ2n) is 7.50. The van der Waals surface area contributed by atoms with E-state index in [-0.39, 0.29) is 5.54 Å². The van der Waals surface area contributed by atoms with Crippen molar-refractivity contribution in [2.24, 2.45) is 17.1 Å². The molecule has 0 bridgehead atoms. The SMILES string of the molecule is CC1CCCC(N)(CN2CCC(C)(C)CC2)C1. The van der Waals surface area contributed by atoms with Crippen LogP contribution in [0.15, 0.2) is 0 Å². The van der Waals surface area contributed by atoms with E-state index in [1.165, 1.54) is 51.6 Å². The van der Waals surface area contributed by atoms with Gasteiger partial charge in [-0.05, 0) is 50.1 Å². The number of hydrogen-bond acceptors (Lipinski definition) is 2. The van der Waals surface area contributed by atoms with Gasteiger partial charge in [-0.25, -0.2) is 0 Å². The van der Waals surface area contributed by atoms with Crippen molar-refractivity contribution in [2.75, 3.05) is 19.6 Å². The summed E-state index contributed by atoms with van der Waals surface area (Å²) in [5.41, 5.74) is 7.27. The summed E-state index contributed by atoms with van der Waals surface area (Å²) in [6.07, 6.45) is 7.84. The first kappa shape index (κ1) is 13.4. The fraction of sp³-hybridized carbons (Fsp3) is 1.00. The molecule has 2 fully saturated rings. The molecule has 1 saturated heterocycles. The van der Waals surface area contributed by atoms with Gasteiger partial charge < -0.3 is 10.6 Å². The fourth-order valence-electron chi connectivity index (χ4n) is 3.61. The number of nitrogens with zero attached hydrogens (tertiary/aromatic N) is 1. The molecule has 0 amide bonds. The summed E-state index contributed by atoms with van der Waals surface area (Å²) in [5.74, 6) is 0.829. The maximum absolute atomic E-state index is 6.61. The van der Waals surface area contributed by atoms with Crippen LogP contribution in [0, 0.1) is 11.3 Å². The molecule has 1 heterocycles. The number of rotatable bonds is 2. The quantitative estimate of drug-likeness (QED) is 0.801. The highest BCUT2D eigenvalue weighted by atomic mass is 15.2. The lowest BCUT2D eigenvalue weighted by molar-refractivity contribution is 0.0891. The molecule has 2 aliphatic rings. The van der Waals surface area contributed by atoms with E-state index in [1.807, 2.05) is 0 Å². The van der Waals surface area contributed by atoms with Gasteiger partial charge in [0.05, 0.1) is 0 Å². The van der Waals surface area contributed by atoms with Crippen LogP contribution in [-0.2, 0) is 0 Å². The molecule has 2 atom stereocenters. The van der Waals surface area contributed by atoms with E-state index in [0.29, 0.717) is 5.41 Å². The van der Waals surface area contributed by atoms with Crippen LogP contribution in [0.2, 0.25) is 0 Å². The standard InChI is InChI=1S/C15H30N2/c1-13-5-4-6-15(16,11-13)12-17-9-7-14(2,3)8-10-17/h13H,4-12,16H2,1-3H3. The third-order valence-corrected chi connectivity index (χ3v) is 4.87. The summed E-state index contributed by atoms with van der Waals surface area (Å²) in [6.45, 7) is 10.8. The smallest absolute Gasteiger partial charge is 0.0285 e. The lowest BCUT2D eigenvalue weighted by Gasteiger charge is -2.44. The van der Waals surface area contributed by atoms with Gasteiger partial charge in [-0.2, -0.15) is 0 Å². The number of piperidine rings is 1. The van der Waals surface area contributed by atoms with Crippen LogP contribution in [0.3, 0.4) is 0 Å². The second kappa shape index (κ2) is 4.89. The summed E-state index contributed by atoms with van der Waals surface area (Å²) in [7, 11) is 0. The maximum atomic E-state index is 6.61. The largest absolute Gasteiger partial charge is 0.324 e. The molecule has 0 aromatic carbocycles. The minimum atomic E-state index is 0.110. The minimum Gasteiger partial charge on any atom is -0.324 e. The van der Waals surface area contributed by atoms with Crippen LogP contribution in [-0.4, -0.2) is 30.1 Å². The molecule has 1 saturated carbocycles. The van der Waals surface area contributed by atoms with Crippen molar-refractivity contribution in [2.45, 2.75) is 64.8 Å². The van der Waals surface area contributed by atoms with E-state index in [4.69, 9.17) is 5.73 Å². The van der Waals surface area contributed by atoms with Gasteiger partial charge in [0.1, 0.15) is 0 Å². The zero-order valence-corrected chi connectivity index (χ0v) is 12.0. The molecule has 2 rings (SSSR count). The summed E-state index contributed by atoms with van der Waals surface area (Å²) in [5, 5.41) is 0. The molecule has 2 unspecified atom stereocenters. The molecule has 0 spiro atoms. The molecule has 1 aliphatic carbocycles. The van der Waals surface area contributed by atoms with Gasteiger partial charge in [0.2, 0.25) is 0 Å². The molecular weight excluding hydrogens is 208 g/mol. The van der Waals surface area contributed by atoms with E-state index >= 15 is 0 Å². The average Bonchev–Trinajstić information content (AvgIpc) is 2.21. The number of nitrogens with two attached hydrogens (primary N) is 1. The van der Waals surface area contributed by atoms with E-state index in [1.54, 1.807) is 0 Å². The first-order chi connectivity index (χ1) is 7.89. The molecule has 2 N–H and O–H groups in total. The van der Waals surface area contributed by atoms with E-state index < -0.39 is 0 Å². The van der Waals surface area contributed by atoms with Crippen molar-refractivity contribution in [3.8, 4) is 0 Å². The molecule has 0 radical (unpaired) electrons. The van der Waals surface area contributed by atoms with Crippen LogP contribution in [0.5, 0.6) is 0 Å². The van der Waals surface area contributed by atoms with Crippen LogP contribution in [0.25, 0.3) is 0 Å². The Hall–Kier alpha value is -0.0800. The summed E-state index contributed by atoms with van der Waals surface area (Å²) < 4.78 is 0. The Kier molecular flexibility index (Phi) is 3.84. The molecule has 2 nitrogen and oxygen atoms in total. The molecule has 17 heavy (non-hydrogen) atoms. The number of likely N-dealkylation sites (tertiary alicyclic amines) is 1. The van der Waals surface area contributed by atoms with Gasteiger partial charge in [-0.15, -0.1) is 0 Å². The van der Waals surface area contributed by atoms with Crippen molar-refractivity contribution in [3.05, 3.63) is 0 Å². The van der Waals surface area contributed by atoms with Gasteiger partial charge in [-0.3, -0.25) is 0 Å². The van der Waals surface area contributed by atoms with Crippen molar-refractivity contribution in [1.29, 1.82) is 0 Å². The van der Waals surface area contributed by atoms with Crippen LogP contribution in [0.4, 0.5) is 0 Å². The number of hydrogen-bond donors (Lipinski definition) is 1. The van der Waals surface area contributed by atoms with Gasteiger partial charge >= 0.3 is 0 Å². The predicted molar refractivity (Wildman–Crippen MR) is 74.0 cm³/mol. The molecule has 1 aliphatic heterocycles. The molecule has 0 aromatic heterocycles. The Morgan fingerprint density at radius 1 is 1.18 bits per heavy atom. The van der Waals surface area contributed by atoms with E-state index in [9.17, 15) is 0 Å². The van der Waals surface area contributed by atoms with Gasteiger partial charge in [-0.1, -0.05) is 33.6 Å². The van der Waals surface area contributed by atoms with Crippen molar-refractivity contribution in [3.63, 3.8) is 0 Å².